The maximum Gasteiger partial charge on any atom is 0.292 e. The van der Waals surface area contributed by atoms with E-state index in [0.717, 1.165) is 24.8 Å². The maximum absolute atomic E-state index is 13.1. The molecule has 0 bridgehead atoms. The van der Waals surface area contributed by atoms with Gasteiger partial charge < -0.3 is 9.32 Å². The van der Waals surface area contributed by atoms with Gasteiger partial charge in [-0.1, -0.05) is 45.0 Å². The van der Waals surface area contributed by atoms with Gasteiger partial charge in [0.1, 0.15) is 0 Å². The number of amides is 1. The molecular formula is C21H26F2N2O2. The van der Waals surface area contributed by atoms with E-state index in [0.29, 0.717) is 13.0 Å². The number of carbonyl (C=O) groups excluding carboxylic acids is 1. The maximum atomic E-state index is 13.1. The van der Waals surface area contributed by atoms with Gasteiger partial charge in [-0.15, -0.1) is 0 Å². The number of aromatic nitrogens is 1. The summed E-state index contributed by atoms with van der Waals surface area (Å²) < 4.78 is 31.2. The van der Waals surface area contributed by atoms with E-state index in [1.807, 2.05) is 6.92 Å². The lowest BCUT2D eigenvalue weighted by Gasteiger charge is -2.35. The predicted octanol–water partition coefficient (Wildman–Crippen LogP) is 5.15. The average Bonchev–Trinajstić information content (AvgIpc) is 3.21. The van der Waals surface area contributed by atoms with Crippen LogP contribution in [0.5, 0.6) is 0 Å². The van der Waals surface area contributed by atoms with Gasteiger partial charge in [-0.05, 0) is 42.7 Å². The van der Waals surface area contributed by atoms with E-state index < -0.39 is 23.6 Å². The Labute approximate surface area is 158 Å². The number of hydrogen-bond donors (Lipinski definition) is 0. The van der Waals surface area contributed by atoms with E-state index >= 15 is 0 Å². The fraction of sp³-hybridized carbons (Fsp3) is 0.524. The standard InChI is InChI=1S/C21H26F2N2O2/c1-20(2,3)15-8-6-14(7-9-15)12-21(4)10-5-11-25(21)19(26)17-16(18(22)23)24-13-27-17/h6-9,13,18H,5,10-12H2,1-4H3. The van der Waals surface area contributed by atoms with Crippen molar-refractivity contribution in [1.82, 2.24) is 9.88 Å². The summed E-state index contributed by atoms with van der Waals surface area (Å²) in [5.74, 6) is -0.852. The minimum atomic E-state index is -2.83. The van der Waals surface area contributed by atoms with Gasteiger partial charge >= 0.3 is 0 Å². The van der Waals surface area contributed by atoms with Crippen LogP contribution in [0.4, 0.5) is 8.78 Å². The van der Waals surface area contributed by atoms with E-state index in [-0.39, 0.29) is 11.2 Å². The van der Waals surface area contributed by atoms with Gasteiger partial charge in [0.05, 0.1) is 0 Å². The highest BCUT2D eigenvalue weighted by Gasteiger charge is 2.42. The summed E-state index contributed by atoms with van der Waals surface area (Å²) in [4.78, 5) is 18.1. The number of nitrogens with zero attached hydrogens (tertiary/aromatic N) is 2. The van der Waals surface area contributed by atoms with E-state index in [9.17, 15) is 13.6 Å². The van der Waals surface area contributed by atoms with E-state index in [1.165, 1.54) is 5.56 Å². The molecule has 1 unspecified atom stereocenters. The van der Waals surface area contributed by atoms with Crippen molar-refractivity contribution in [2.45, 2.75) is 64.3 Å². The molecule has 27 heavy (non-hydrogen) atoms. The van der Waals surface area contributed by atoms with Crippen LogP contribution in [0, 0.1) is 0 Å². The molecule has 4 nitrogen and oxygen atoms in total. The molecule has 1 saturated heterocycles. The minimum Gasteiger partial charge on any atom is -0.438 e. The summed E-state index contributed by atoms with van der Waals surface area (Å²) in [7, 11) is 0. The molecule has 3 rings (SSSR count). The van der Waals surface area contributed by atoms with Crippen LogP contribution in [-0.2, 0) is 11.8 Å². The van der Waals surface area contributed by atoms with Gasteiger partial charge in [-0.25, -0.2) is 13.8 Å². The van der Waals surface area contributed by atoms with E-state index in [1.54, 1.807) is 4.90 Å². The highest BCUT2D eigenvalue weighted by atomic mass is 19.3. The van der Waals surface area contributed by atoms with Crippen LogP contribution in [0.1, 0.15) is 74.3 Å². The van der Waals surface area contributed by atoms with Crippen LogP contribution in [0.15, 0.2) is 35.1 Å². The highest BCUT2D eigenvalue weighted by molar-refractivity contribution is 5.93. The number of hydrogen-bond acceptors (Lipinski definition) is 3. The predicted molar refractivity (Wildman–Crippen MR) is 99.0 cm³/mol. The monoisotopic (exact) mass is 376 g/mol. The van der Waals surface area contributed by atoms with Crippen molar-refractivity contribution in [3.05, 3.63) is 53.2 Å². The SMILES string of the molecule is CC(C)(C)c1ccc(CC2(C)CCCN2C(=O)c2ocnc2C(F)F)cc1. The summed E-state index contributed by atoms with van der Waals surface area (Å²) in [5.41, 5.74) is 1.43. The van der Waals surface area contributed by atoms with Crippen molar-refractivity contribution >= 4 is 5.91 Å². The summed E-state index contributed by atoms with van der Waals surface area (Å²) in [6.07, 6.45) is 0.397. The Kier molecular flexibility index (Phi) is 5.10. The lowest BCUT2D eigenvalue weighted by atomic mass is 9.84. The van der Waals surface area contributed by atoms with Crippen LogP contribution in [0.2, 0.25) is 0 Å². The van der Waals surface area contributed by atoms with Gasteiger partial charge in [-0.3, -0.25) is 4.79 Å². The molecule has 0 N–H and O–H groups in total. The van der Waals surface area contributed by atoms with Crippen molar-refractivity contribution in [3.8, 4) is 0 Å². The number of likely N-dealkylation sites (tertiary alicyclic amines) is 1. The molecule has 1 aromatic heterocycles. The highest BCUT2D eigenvalue weighted by Crippen LogP contribution is 2.35. The van der Waals surface area contributed by atoms with Crippen molar-refractivity contribution in [1.29, 1.82) is 0 Å². The Bertz CT molecular complexity index is 808. The molecule has 2 heterocycles. The van der Waals surface area contributed by atoms with Crippen LogP contribution >= 0.6 is 0 Å². The molecule has 1 aliphatic heterocycles. The smallest absolute Gasteiger partial charge is 0.292 e. The lowest BCUT2D eigenvalue weighted by molar-refractivity contribution is 0.0577. The molecule has 1 aromatic carbocycles. The first kappa shape index (κ1) is 19.5. The number of benzene rings is 1. The summed E-state index contributed by atoms with van der Waals surface area (Å²) in [6, 6.07) is 8.41. The number of alkyl halides is 2. The van der Waals surface area contributed by atoms with Crippen molar-refractivity contribution in [3.63, 3.8) is 0 Å². The third-order valence-corrected chi connectivity index (χ3v) is 5.39. The van der Waals surface area contributed by atoms with Crippen LogP contribution < -0.4 is 0 Å². The molecule has 1 amide bonds. The lowest BCUT2D eigenvalue weighted by Crippen LogP contribution is -2.46. The van der Waals surface area contributed by atoms with Gasteiger partial charge in [0.25, 0.3) is 12.3 Å². The van der Waals surface area contributed by atoms with Crippen molar-refractivity contribution < 1.29 is 18.0 Å². The molecule has 1 aliphatic rings. The fourth-order valence-corrected chi connectivity index (χ4v) is 3.81. The molecule has 0 saturated carbocycles. The first-order chi connectivity index (χ1) is 12.6. The van der Waals surface area contributed by atoms with Gasteiger partial charge in [0.2, 0.25) is 5.76 Å². The first-order valence-electron chi connectivity index (χ1n) is 9.25. The molecular weight excluding hydrogens is 350 g/mol. The Balaban J connectivity index is 1.82. The molecule has 6 heteroatoms. The third kappa shape index (κ3) is 3.89. The largest absolute Gasteiger partial charge is 0.438 e. The quantitative estimate of drug-likeness (QED) is 0.742. The second-order valence-corrected chi connectivity index (χ2v) is 8.55. The van der Waals surface area contributed by atoms with Crippen molar-refractivity contribution in [2.24, 2.45) is 0 Å². The number of rotatable bonds is 4. The molecule has 1 atom stereocenters. The number of halogens is 2. The van der Waals surface area contributed by atoms with Crippen LogP contribution in [0.25, 0.3) is 0 Å². The molecule has 0 aliphatic carbocycles. The van der Waals surface area contributed by atoms with Crippen LogP contribution in [-0.4, -0.2) is 27.9 Å². The van der Waals surface area contributed by atoms with Gasteiger partial charge in [0, 0.05) is 12.1 Å². The zero-order valence-electron chi connectivity index (χ0n) is 16.3. The Hall–Kier alpha value is -2.24. The normalized spacial score (nSPS) is 20.5. The topological polar surface area (TPSA) is 46.3 Å². The Morgan fingerprint density at radius 3 is 2.56 bits per heavy atom. The fourth-order valence-electron chi connectivity index (χ4n) is 3.81. The molecule has 0 radical (unpaired) electrons. The summed E-state index contributed by atoms with van der Waals surface area (Å²) >= 11 is 0. The zero-order valence-corrected chi connectivity index (χ0v) is 16.3. The number of oxazole rings is 1. The van der Waals surface area contributed by atoms with Crippen molar-refractivity contribution in [2.75, 3.05) is 6.54 Å². The van der Waals surface area contributed by atoms with E-state index in [2.05, 4.69) is 50.0 Å². The zero-order chi connectivity index (χ0) is 19.8. The summed E-state index contributed by atoms with van der Waals surface area (Å²) in [5, 5.41) is 0. The molecule has 0 spiro atoms. The molecule has 2 aromatic rings. The van der Waals surface area contributed by atoms with E-state index in [4.69, 9.17) is 4.42 Å². The Morgan fingerprint density at radius 2 is 1.96 bits per heavy atom. The number of carbonyl (C=O) groups is 1. The Morgan fingerprint density at radius 1 is 1.30 bits per heavy atom. The second-order valence-electron chi connectivity index (χ2n) is 8.55. The second kappa shape index (κ2) is 7.06. The van der Waals surface area contributed by atoms with Gasteiger partial charge in [0.15, 0.2) is 12.1 Å². The molecule has 1 fully saturated rings. The first-order valence-corrected chi connectivity index (χ1v) is 9.25. The molecule has 146 valence electrons. The third-order valence-electron chi connectivity index (χ3n) is 5.39. The average molecular weight is 376 g/mol. The minimum absolute atomic E-state index is 0.0791. The summed E-state index contributed by atoms with van der Waals surface area (Å²) in [6.45, 7) is 9.03. The van der Waals surface area contributed by atoms with Gasteiger partial charge in [-0.2, -0.15) is 0 Å². The van der Waals surface area contributed by atoms with Crippen LogP contribution in [0.3, 0.4) is 0 Å².